The zero-order valence-electron chi connectivity index (χ0n) is 8.43. The first-order valence-corrected chi connectivity index (χ1v) is 5.14. The molecule has 14 heavy (non-hydrogen) atoms. The molecule has 3 atom stereocenters. The zero-order chi connectivity index (χ0) is 9.97. The molecule has 2 rings (SSSR count). The second-order valence-electron chi connectivity index (χ2n) is 4.11. The summed E-state index contributed by atoms with van der Waals surface area (Å²) in [5.74, 6) is 0.784. The van der Waals surface area contributed by atoms with Crippen molar-refractivity contribution in [3.05, 3.63) is 18.5 Å². The number of nitrogens with one attached hydrogen (secondary N) is 1. The van der Waals surface area contributed by atoms with Crippen molar-refractivity contribution in [1.82, 2.24) is 15.1 Å². The largest absolute Gasteiger partial charge is 0.390 e. The molecule has 1 fully saturated rings. The Morgan fingerprint density at radius 1 is 1.71 bits per heavy atom. The molecule has 1 aliphatic rings. The lowest BCUT2D eigenvalue weighted by Crippen LogP contribution is -2.32. The van der Waals surface area contributed by atoms with Crippen molar-refractivity contribution in [1.29, 1.82) is 0 Å². The molecule has 0 spiro atoms. The summed E-state index contributed by atoms with van der Waals surface area (Å²) in [6.45, 7) is 3.45. The Bertz CT molecular complexity index is 273. The summed E-state index contributed by atoms with van der Waals surface area (Å²) in [4.78, 5) is 0. The lowest BCUT2D eigenvalue weighted by atomic mass is 10.3. The van der Waals surface area contributed by atoms with E-state index in [9.17, 15) is 5.11 Å². The van der Waals surface area contributed by atoms with Crippen molar-refractivity contribution in [2.45, 2.75) is 32.0 Å². The summed E-state index contributed by atoms with van der Waals surface area (Å²) >= 11 is 0. The van der Waals surface area contributed by atoms with Gasteiger partial charge in [-0.05, 0) is 18.4 Å². The second-order valence-corrected chi connectivity index (χ2v) is 4.11. The lowest BCUT2D eigenvalue weighted by Gasteiger charge is -2.11. The van der Waals surface area contributed by atoms with Gasteiger partial charge in [0.05, 0.1) is 12.6 Å². The van der Waals surface area contributed by atoms with Gasteiger partial charge in [-0.15, -0.1) is 0 Å². The SMILES string of the molecule is CC1CC1NCC(O)Cn1cccn1. The van der Waals surface area contributed by atoms with Crippen LogP contribution in [0.3, 0.4) is 0 Å². The van der Waals surface area contributed by atoms with Crippen LogP contribution >= 0.6 is 0 Å². The Hall–Kier alpha value is -0.870. The molecular formula is C10H17N3O. The molecule has 1 aromatic rings. The number of aliphatic hydroxyl groups excluding tert-OH is 1. The van der Waals surface area contributed by atoms with Gasteiger partial charge in [-0.1, -0.05) is 6.92 Å². The van der Waals surface area contributed by atoms with Gasteiger partial charge in [0.25, 0.3) is 0 Å². The van der Waals surface area contributed by atoms with Gasteiger partial charge in [0.15, 0.2) is 0 Å². The van der Waals surface area contributed by atoms with Crippen LogP contribution in [0.15, 0.2) is 18.5 Å². The van der Waals surface area contributed by atoms with Crippen molar-refractivity contribution in [2.75, 3.05) is 6.54 Å². The number of aliphatic hydroxyl groups is 1. The van der Waals surface area contributed by atoms with E-state index in [-0.39, 0.29) is 6.10 Å². The molecule has 4 heteroatoms. The normalized spacial score (nSPS) is 27.6. The summed E-state index contributed by atoms with van der Waals surface area (Å²) in [5, 5.41) is 17.0. The minimum absolute atomic E-state index is 0.345. The number of rotatable bonds is 5. The Morgan fingerprint density at radius 3 is 3.07 bits per heavy atom. The number of nitrogens with zero attached hydrogens (tertiary/aromatic N) is 2. The maximum Gasteiger partial charge on any atom is 0.0860 e. The van der Waals surface area contributed by atoms with Crippen LogP contribution in [0.5, 0.6) is 0 Å². The molecule has 2 N–H and O–H groups in total. The maximum absolute atomic E-state index is 9.66. The topological polar surface area (TPSA) is 50.1 Å². The van der Waals surface area contributed by atoms with Crippen molar-refractivity contribution in [2.24, 2.45) is 5.92 Å². The van der Waals surface area contributed by atoms with E-state index in [4.69, 9.17) is 0 Å². The van der Waals surface area contributed by atoms with E-state index in [1.54, 1.807) is 10.9 Å². The smallest absolute Gasteiger partial charge is 0.0860 e. The standard InChI is InChI=1S/C10H17N3O/c1-8-5-10(8)11-6-9(14)7-13-4-2-3-12-13/h2-4,8-11,14H,5-7H2,1H3. The van der Waals surface area contributed by atoms with Crippen LogP contribution in [0.1, 0.15) is 13.3 Å². The molecule has 0 aliphatic heterocycles. The third kappa shape index (κ3) is 2.56. The molecule has 0 radical (unpaired) electrons. The van der Waals surface area contributed by atoms with E-state index in [0.717, 1.165) is 5.92 Å². The molecule has 0 saturated heterocycles. The van der Waals surface area contributed by atoms with Crippen LogP contribution in [0.2, 0.25) is 0 Å². The van der Waals surface area contributed by atoms with E-state index >= 15 is 0 Å². The molecule has 4 nitrogen and oxygen atoms in total. The Balaban J connectivity index is 1.66. The summed E-state index contributed by atoms with van der Waals surface area (Å²) in [7, 11) is 0. The minimum Gasteiger partial charge on any atom is -0.390 e. The molecule has 0 amide bonds. The number of aromatic nitrogens is 2. The molecule has 1 aromatic heterocycles. The highest BCUT2D eigenvalue weighted by Gasteiger charge is 2.32. The third-order valence-electron chi connectivity index (χ3n) is 2.68. The highest BCUT2D eigenvalue weighted by atomic mass is 16.3. The second kappa shape index (κ2) is 4.11. The molecule has 1 aliphatic carbocycles. The first kappa shape index (κ1) is 9.68. The molecular weight excluding hydrogens is 178 g/mol. The maximum atomic E-state index is 9.66. The molecule has 78 valence electrons. The van der Waals surface area contributed by atoms with E-state index in [0.29, 0.717) is 19.1 Å². The van der Waals surface area contributed by atoms with Crippen LogP contribution in [-0.4, -0.2) is 33.6 Å². The van der Waals surface area contributed by atoms with Crippen LogP contribution < -0.4 is 5.32 Å². The Labute approximate surface area is 83.9 Å². The van der Waals surface area contributed by atoms with Crippen LogP contribution in [0.4, 0.5) is 0 Å². The van der Waals surface area contributed by atoms with E-state index in [1.165, 1.54) is 6.42 Å². The summed E-state index contributed by atoms with van der Waals surface area (Å²) < 4.78 is 1.75. The van der Waals surface area contributed by atoms with Gasteiger partial charge in [0.2, 0.25) is 0 Å². The zero-order valence-corrected chi connectivity index (χ0v) is 8.43. The average Bonchev–Trinajstić information content (AvgIpc) is 2.65. The molecule has 0 aromatic carbocycles. The molecule has 0 bridgehead atoms. The minimum atomic E-state index is -0.345. The predicted octanol–water partition coefficient (Wildman–Crippen LogP) is 0.242. The molecule has 1 heterocycles. The highest BCUT2D eigenvalue weighted by Crippen LogP contribution is 2.28. The first-order valence-electron chi connectivity index (χ1n) is 5.14. The van der Waals surface area contributed by atoms with E-state index < -0.39 is 0 Å². The fraction of sp³-hybridized carbons (Fsp3) is 0.700. The van der Waals surface area contributed by atoms with Gasteiger partial charge in [0.1, 0.15) is 0 Å². The molecule has 1 saturated carbocycles. The van der Waals surface area contributed by atoms with Crippen molar-refractivity contribution in [3.8, 4) is 0 Å². The van der Waals surface area contributed by atoms with Crippen molar-refractivity contribution in [3.63, 3.8) is 0 Å². The first-order chi connectivity index (χ1) is 6.75. The van der Waals surface area contributed by atoms with E-state index in [1.807, 2.05) is 12.3 Å². The lowest BCUT2D eigenvalue weighted by molar-refractivity contribution is 0.146. The van der Waals surface area contributed by atoms with Gasteiger partial charge in [-0.2, -0.15) is 5.10 Å². The quantitative estimate of drug-likeness (QED) is 0.707. The average molecular weight is 195 g/mol. The monoisotopic (exact) mass is 195 g/mol. The van der Waals surface area contributed by atoms with Crippen LogP contribution in [0, 0.1) is 5.92 Å². The molecule has 3 unspecified atom stereocenters. The van der Waals surface area contributed by atoms with Gasteiger partial charge in [-0.25, -0.2) is 0 Å². The Morgan fingerprint density at radius 2 is 2.50 bits per heavy atom. The summed E-state index contributed by atoms with van der Waals surface area (Å²) in [6, 6.07) is 2.49. The highest BCUT2D eigenvalue weighted by molar-refractivity contribution is 4.90. The van der Waals surface area contributed by atoms with Crippen molar-refractivity contribution >= 4 is 0 Å². The summed E-state index contributed by atoms with van der Waals surface area (Å²) in [6.07, 6.45) is 4.49. The fourth-order valence-electron chi connectivity index (χ4n) is 1.58. The van der Waals surface area contributed by atoms with Crippen molar-refractivity contribution < 1.29 is 5.11 Å². The third-order valence-corrected chi connectivity index (χ3v) is 2.68. The van der Waals surface area contributed by atoms with Gasteiger partial charge in [0, 0.05) is 25.0 Å². The van der Waals surface area contributed by atoms with E-state index in [2.05, 4.69) is 17.3 Å². The van der Waals surface area contributed by atoms with Crippen LogP contribution in [-0.2, 0) is 6.54 Å². The predicted molar refractivity (Wildman–Crippen MR) is 53.8 cm³/mol. The van der Waals surface area contributed by atoms with Gasteiger partial charge < -0.3 is 10.4 Å². The van der Waals surface area contributed by atoms with Crippen LogP contribution in [0.25, 0.3) is 0 Å². The fourth-order valence-corrected chi connectivity index (χ4v) is 1.58. The number of hydrogen-bond acceptors (Lipinski definition) is 3. The van der Waals surface area contributed by atoms with Gasteiger partial charge in [-0.3, -0.25) is 4.68 Å². The number of hydrogen-bond donors (Lipinski definition) is 2. The van der Waals surface area contributed by atoms with Gasteiger partial charge >= 0.3 is 0 Å². The Kier molecular flexibility index (Phi) is 2.84. The summed E-state index contributed by atoms with van der Waals surface area (Å²) in [5.41, 5.74) is 0.